The van der Waals surface area contributed by atoms with Gasteiger partial charge in [-0.15, -0.1) is 0 Å². The number of aromatic nitrogens is 3. The lowest BCUT2D eigenvalue weighted by Crippen LogP contribution is -2.30. The van der Waals surface area contributed by atoms with Gasteiger partial charge < -0.3 is 4.57 Å². The van der Waals surface area contributed by atoms with Crippen LogP contribution in [-0.4, -0.2) is 14.5 Å². The summed E-state index contributed by atoms with van der Waals surface area (Å²) in [5.74, 6) is 0.686. The SMILES string of the molecule is c1ccc(-c2cc(-c3ccc(C(c4ccccc4)(c4ccccc4)c4ccccc4)cc3)nc(-c3ccc(-c4ccc(-n5c6ccccc6c6ccccc65)cc4)cc3)n2)cc1. The van der Waals surface area contributed by atoms with E-state index in [2.05, 4.69) is 247 Å². The summed E-state index contributed by atoms with van der Waals surface area (Å²) >= 11 is 0. The number of benzene rings is 9. The molecule has 11 aromatic rings. The second-order valence-electron chi connectivity index (χ2n) is 15.7. The van der Waals surface area contributed by atoms with E-state index in [0.29, 0.717) is 5.82 Å². The van der Waals surface area contributed by atoms with Gasteiger partial charge in [-0.05, 0) is 63.7 Å². The molecule has 2 heterocycles. The summed E-state index contributed by atoms with van der Waals surface area (Å²) in [4.78, 5) is 10.4. The molecule has 292 valence electrons. The standard InChI is InChI=1S/C59H41N3/c1-5-17-44(18-6-1)54-41-55(45-33-37-50(38-34-45)59(47-19-7-2-8-20-47,48-21-9-3-10-22-48)49-23-11-4-12-24-49)61-58(60-54)46-31-29-42(30-32-46)43-35-39-51(40-36-43)62-56-27-15-13-25-52(56)53-26-14-16-28-57(53)62/h1-41H. The summed E-state index contributed by atoms with van der Waals surface area (Å²) in [7, 11) is 0. The fraction of sp³-hybridized carbons (Fsp3) is 0.0169. The molecule has 11 rings (SSSR count). The number of hydrogen-bond acceptors (Lipinski definition) is 2. The van der Waals surface area contributed by atoms with Crippen LogP contribution in [0.15, 0.2) is 249 Å². The van der Waals surface area contributed by atoms with Crippen molar-refractivity contribution >= 4 is 21.8 Å². The third-order valence-electron chi connectivity index (χ3n) is 12.2. The molecule has 3 nitrogen and oxygen atoms in total. The predicted molar refractivity (Wildman–Crippen MR) is 256 cm³/mol. The second kappa shape index (κ2) is 15.8. The zero-order chi connectivity index (χ0) is 41.3. The van der Waals surface area contributed by atoms with E-state index in [1.807, 2.05) is 6.07 Å². The molecule has 0 unspecified atom stereocenters. The highest BCUT2D eigenvalue weighted by molar-refractivity contribution is 6.09. The number of fused-ring (bicyclic) bond motifs is 3. The van der Waals surface area contributed by atoms with Crippen LogP contribution in [0.4, 0.5) is 0 Å². The molecule has 0 fully saturated rings. The maximum absolute atomic E-state index is 5.24. The van der Waals surface area contributed by atoms with Crippen molar-refractivity contribution in [1.29, 1.82) is 0 Å². The lowest BCUT2D eigenvalue weighted by Gasteiger charge is -2.37. The van der Waals surface area contributed by atoms with E-state index in [9.17, 15) is 0 Å². The van der Waals surface area contributed by atoms with Crippen molar-refractivity contribution < 1.29 is 0 Å². The van der Waals surface area contributed by atoms with Crippen molar-refractivity contribution in [2.45, 2.75) is 5.41 Å². The van der Waals surface area contributed by atoms with Crippen LogP contribution in [0, 0.1) is 0 Å². The first kappa shape index (κ1) is 36.9. The van der Waals surface area contributed by atoms with E-state index in [0.717, 1.165) is 44.9 Å². The van der Waals surface area contributed by atoms with Crippen molar-refractivity contribution in [1.82, 2.24) is 14.5 Å². The number of para-hydroxylation sites is 2. The Hall–Kier alpha value is -8.14. The van der Waals surface area contributed by atoms with Crippen LogP contribution < -0.4 is 0 Å². The van der Waals surface area contributed by atoms with Gasteiger partial charge in [0.2, 0.25) is 0 Å². The van der Waals surface area contributed by atoms with Gasteiger partial charge in [0.15, 0.2) is 5.82 Å². The van der Waals surface area contributed by atoms with Gasteiger partial charge in [0.25, 0.3) is 0 Å². The largest absolute Gasteiger partial charge is 0.309 e. The zero-order valence-electron chi connectivity index (χ0n) is 34.0. The van der Waals surface area contributed by atoms with Gasteiger partial charge in [0.05, 0.1) is 27.8 Å². The van der Waals surface area contributed by atoms with Crippen LogP contribution in [0.3, 0.4) is 0 Å². The average molecular weight is 792 g/mol. The van der Waals surface area contributed by atoms with E-state index in [4.69, 9.17) is 9.97 Å². The quantitative estimate of drug-likeness (QED) is 0.136. The molecule has 62 heavy (non-hydrogen) atoms. The molecule has 0 N–H and O–H groups in total. The van der Waals surface area contributed by atoms with Gasteiger partial charge in [-0.2, -0.15) is 0 Å². The van der Waals surface area contributed by atoms with E-state index in [-0.39, 0.29) is 0 Å². The topological polar surface area (TPSA) is 30.7 Å². The Morgan fingerprint density at radius 2 is 0.645 bits per heavy atom. The average Bonchev–Trinajstić information content (AvgIpc) is 3.70. The Kier molecular flexibility index (Phi) is 9.40. The summed E-state index contributed by atoms with van der Waals surface area (Å²) in [6.07, 6.45) is 0. The van der Waals surface area contributed by atoms with Gasteiger partial charge >= 0.3 is 0 Å². The minimum absolute atomic E-state index is 0.526. The van der Waals surface area contributed by atoms with Crippen LogP contribution in [0.5, 0.6) is 0 Å². The minimum Gasteiger partial charge on any atom is -0.309 e. The summed E-state index contributed by atoms with van der Waals surface area (Å²) in [5, 5.41) is 2.52. The molecule has 0 saturated heterocycles. The van der Waals surface area contributed by atoms with Crippen LogP contribution >= 0.6 is 0 Å². The smallest absolute Gasteiger partial charge is 0.160 e. The first-order chi connectivity index (χ1) is 30.7. The molecular formula is C59H41N3. The number of hydrogen-bond donors (Lipinski definition) is 0. The zero-order valence-corrected chi connectivity index (χ0v) is 34.0. The molecule has 0 atom stereocenters. The first-order valence-corrected chi connectivity index (χ1v) is 21.2. The fourth-order valence-corrected chi connectivity index (χ4v) is 9.25. The fourth-order valence-electron chi connectivity index (χ4n) is 9.25. The third-order valence-corrected chi connectivity index (χ3v) is 12.2. The summed E-state index contributed by atoms with van der Waals surface area (Å²) in [6.45, 7) is 0. The maximum Gasteiger partial charge on any atom is 0.160 e. The van der Waals surface area contributed by atoms with Crippen LogP contribution in [0.1, 0.15) is 22.3 Å². The number of rotatable bonds is 9. The molecule has 0 aliphatic carbocycles. The Labute approximate surface area is 361 Å². The second-order valence-corrected chi connectivity index (χ2v) is 15.7. The Balaban J connectivity index is 0.961. The molecular weight excluding hydrogens is 751 g/mol. The monoisotopic (exact) mass is 791 g/mol. The van der Waals surface area contributed by atoms with Crippen molar-refractivity contribution in [2.75, 3.05) is 0 Å². The molecule has 9 aromatic carbocycles. The lowest BCUT2D eigenvalue weighted by molar-refractivity contribution is 0.745. The van der Waals surface area contributed by atoms with E-state index in [1.165, 1.54) is 44.1 Å². The normalized spacial score (nSPS) is 11.5. The molecule has 2 aromatic heterocycles. The Bertz CT molecular complexity index is 3130. The summed E-state index contributed by atoms with van der Waals surface area (Å²) in [6, 6.07) is 88.7. The van der Waals surface area contributed by atoms with Crippen molar-refractivity contribution in [3.8, 4) is 50.7 Å². The number of nitrogens with zero attached hydrogens (tertiary/aromatic N) is 3. The van der Waals surface area contributed by atoms with Gasteiger partial charge in [0.1, 0.15) is 0 Å². The van der Waals surface area contributed by atoms with Gasteiger partial charge in [-0.1, -0.05) is 218 Å². The van der Waals surface area contributed by atoms with Gasteiger partial charge in [0, 0.05) is 33.2 Å². The van der Waals surface area contributed by atoms with Gasteiger partial charge in [-0.25, -0.2) is 9.97 Å². The van der Waals surface area contributed by atoms with E-state index < -0.39 is 5.41 Å². The highest BCUT2D eigenvalue weighted by Gasteiger charge is 2.38. The predicted octanol–water partition coefficient (Wildman–Crippen LogP) is 14.6. The first-order valence-electron chi connectivity index (χ1n) is 21.2. The van der Waals surface area contributed by atoms with Crippen LogP contribution in [0.2, 0.25) is 0 Å². The Morgan fingerprint density at radius 1 is 0.290 bits per heavy atom. The van der Waals surface area contributed by atoms with Crippen LogP contribution in [0.25, 0.3) is 72.5 Å². The third kappa shape index (κ3) is 6.48. The molecule has 0 amide bonds. The van der Waals surface area contributed by atoms with Crippen molar-refractivity contribution in [2.24, 2.45) is 0 Å². The maximum atomic E-state index is 5.24. The molecule has 3 heteroatoms. The minimum atomic E-state index is -0.526. The molecule has 0 saturated carbocycles. The molecule has 0 bridgehead atoms. The van der Waals surface area contributed by atoms with Crippen molar-refractivity contribution in [3.05, 3.63) is 271 Å². The van der Waals surface area contributed by atoms with Crippen molar-refractivity contribution in [3.63, 3.8) is 0 Å². The molecule has 0 aliphatic heterocycles. The molecule has 0 radical (unpaired) electrons. The summed E-state index contributed by atoms with van der Waals surface area (Å²) in [5.41, 5.74) is 14.9. The lowest BCUT2D eigenvalue weighted by atomic mass is 9.65. The highest BCUT2D eigenvalue weighted by Crippen LogP contribution is 2.45. The molecule has 0 aliphatic rings. The molecule has 0 spiro atoms. The highest BCUT2D eigenvalue weighted by atomic mass is 15.0. The van der Waals surface area contributed by atoms with Crippen LogP contribution in [-0.2, 0) is 5.41 Å². The van der Waals surface area contributed by atoms with E-state index in [1.54, 1.807) is 0 Å². The summed E-state index contributed by atoms with van der Waals surface area (Å²) < 4.78 is 2.35. The van der Waals surface area contributed by atoms with Gasteiger partial charge in [-0.3, -0.25) is 0 Å². The van der Waals surface area contributed by atoms with E-state index >= 15 is 0 Å². The Morgan fingerprint density at radius 3 is 1.13 bits per heavy atom.